The first-order valence-corrected chi connectivity index (χ1v) is 10.7. The van der Waals surface area contributed by atoms with E-state index in [1.165, 1.54) is 0 Å². The fourth-order valence-corrected chi connectivity index (χ4v) is 4.53. The highest BCUT2D eigenvalue weighted by Crippen LogP contribution is 2.42. The van der Waals surface area contributed by atoms with Crippen LogP contribution in [-0.4, -0.2) is 60.2 Å². The van der Waals surface area contributed by atoms with E-state index in [2.05, 4.69) is 0 Å². The summed E-state index contributed by atoms with van der Waals surface area (Å²) in [5.74, 6) is 0.819. The van der Waals surface area contributed by atoms with Crippen molar-refractivity contribution in [1.29, 1.82) is 0 Å². The molecule has 0 aromatic heterocycles. The molecule has 3 rings (SSSR count). The van der Waals surface area contributed by atoms with Crippen LogP contribution in [0.2, 0.25) is 10.0 Å². The second-order valence-electron chi connectivity index (χ2n) is 8.63. The molecule has 0 N–H and O–H groups in total. The van der Waals surface area contributed by atoms with E-state index in [-0.39, 0.29) is 24.0 Å². The number of methoxy groups -OCH3 is 1. The van der Waals surface area contributed by atoms with Gasteiger partial charge in [-0.15, -0.1) is 0 Å². The van der Waals surface area contributed by atoms with Crippen molar-refractivity contribution in [2.75, 3.05) is 26.7 Å². The lowest BCUT2D eigenvalue weighted by Crippen LogP contribution is -2.47. The summed E-state index contributed by atoms with van der Waals surface area (Å²) in [6, 6.07) is 3.50. The Balaban J connectivity index is 1.74. The van der Waals surface area contributed by atoms with Crippen molar-refractivity contribution >= 4 is 35.2 Å². The normalized spacial score (nSPS) is 22.8. The fourth-order valence-electron chi connectivity index (χ4n) is 4.06. The number of nitrogens with zero attached hydrogens (tertiary/aromatic N) is 2. The first kappa shape index (κ1) is 22.0. The van der Waals surface area contributed by atoms with Crippen molar-refractivity contribution in [3.8, 4) is 5.75 Å². The zero-order chi connectivity index (χ0) is 21.3. The van der Waals surface area contributed by atoms with Crippen LogP contribution in [0.25, 0.3) is 0 Å². The van der Waals surface area contributed by atoms with Gasteiger partial charge in [-0.1, -0.05) is 23.2 Å². The molecule has 0 bridgehead atoms. The Labute approximate surface area is 182 Å². The van der Waals surface area contributed by atoms with Crippen LogP contribution in [-0.2, 0) is 9.53 Å². The zero-order valence-corrected chi connectivity index (χ0v) is 18.8. The summed E-state index contributed by atoms with van der Waals surface area (Å²) < 4.78 is 11.0. The van der Waals surface area contributed by atoms with E-state index in [1.807, 2.05) is 31.7 Å². The minimum Gasteiger partial charge on any atom is -0.496 e. The molecule has 0 spiro atoms. The maximum absolute atomic E-state index is 12.7. The molecule has 2 saturated heterocycles. The van der Waals surface area contributed by atoms with Crippen molar-refractivity contribution in [2.45, 2.75) is 57.6 Å². The summed E-state index contributed by atoms with van der Waals surface area (Å²) in [6.45, 7) is 7.13. The van der Waals surface area contributed by atoms with E-state index in [4.69, 9.17) is 32.7 Å². The van der Waals surface area contributed by atoms with Crippen LogP contribution in [0.1, 0.15) is 51.5 Å². The van der Waals surface area contributed by atoms with E-state index in [1.54, 1.807) is 18.1 Å². The van der Waals surface area contributed by atoms with E-state index in [0.29, 0.717) is 48.3 Å². The first-order valence-electron chi connectivity index (χ1n) is 9.90. The fraction of sp³-hybridized carbons (Fsp3) is 0.619. The molecule has 2 fully saturated rings. The van der Waals surface area contributed by atoms with Gasteiger partial charge in [0.25, 0.3) is 0 Å². The zero-order valence-electron chi connectivity index (χ0n) is 17.3. The number of carbonyl (C=O) groups is 2. The van der Waals surface area contributed by atoms with Gasteiger partial charge in [0.2, 0.25) is 5.91 Å². The van der Waals surface area contributed by atoms with Gasteiger partial charge in [-0.2, -0.15) is 0 Å². The summed E-state index contributed by atoms with van der Waals surface area (Å²) >= 11 is 12.7. The molecule has 2 aliphatic rings. The van der Waals surface area contributed by atoms with E-state index in [9.17, 15) is 9.59 Å². The summed E-state index contributed by atoms with van der Waals surface area (Å²) in [6.07, 6.45) is 1.52. The number of ether oxygens (including phenoxy) is 2. The topological polar surface area (TPSA) is 59.1 Å². The number of hydrogen-bond acceptors (Lipinski definition) is 4. The second kappa shape index (κ2) is 8.60. The molecule has 2 unspecified atom stereocenters. The van der Waals surface area contributed by atoms with Gasteiger partial charge < -0.3 is 19.3 Å². The molecule has 160 valence electrons. The third-order valence-corrected chi connectivity index (χ3v) is 6.24. The smallest absolute Gasteiger partial charge is 0.410 e. The molecule has 2 aliphatic heterocycles. The average molecular weight is 443 g/mol. The lowest BCUT2D eigenvalue weighted by Gasteiger charge is -2.37. The lowest BCUT2D eigenvalue weighted by molar-refractivity contribution is -0.136. The SMILES string of the molecule is COc1ccc(Cl)c(Cl)c1C1CCC(=O)N(C2CCN(C(=O)OC(C)(C)C)C2)C1. The van der Waals surface area contributed by atoms with Gasteiger partial charge in [0.1, 0.15) is 11.4 Å². The van der Waals surface area contributed by atoms with E-state index < -0.39 is 5.60 Å². The summed E-state index contributed by atoms with van der Waals surface area (Å²) in [5.41, 5.74) is 0.308. The van der Waals surface area contributed by atoms with Crippen LogP contribution in [0.4, 0.5) is 4.79 Å². The second-order valence-corrected chi connectivity index (χ2v) is 9.41. The highest BCUT2D eigenvalue weighted by molar-refractivity contribution is 6.42. The van der Waals surface area contributed by atoms with Gasteiger partial charge in [-0.05, 0) is 45.7 Å². The van der Waals surface area contributed by atoms with Crippen LogP contribution >= 0.6 is 23.2 Å². The van der Waals surface area contributed by atoms with Gasteiger partial charge in [0, 0.05) is 37.5 Å². The summed E-state index contributed by atoms with van der Waals surface area (Å²) in [5, 5.41) is 0.954. The Morgan fingerprint density at radius 1 is 1.17 bits per heavy atom. The number of carbonyl (C=O) groups excluding carboxylic acids is 2. The van der Waals surface area contributed by atoms with Gasteiger partial charge in [0.05, 0.1) is 23.2 Å². The maximum Gasteiger partial charge on any atom is 0.410 e. The monoisotopic (exact) mass is 442 g/mol. The highest BCUT2D eigenvalue weighted by Gasteiger charge is 2.38. The molecule has 2 heterocycles. The number of halogens is 2. The number of likely N-dealkylation sites (tertiary alicyclic amines) is 2. The van der Waals surface area contributed by atoms with Crippen molar-refractivity contribution in [3.05, 3.63) is 27.7 Å². The van der Waals surface area contributed by atoms with Crippen molar-refractivity contribution in [1.82, 2.24) is 9.80 Å². The molecule has 1 aromatic rings. The predicted molar refractivity (Wildman–Crippen MR) is 113 cm³/mol. The third-order valence-electron chi connectivity index (χ3n) is 5.42. The number of hydrogen-bond donors (Lipinski definition) is 0. The molecule has 29 heavy (non-hydrogen) atoms. The Morgan fingerprint density at radius 2 is 1.90 bits per heavy atom. The number of benzene rings is 1. The molecule has 0 aliphatic carbocycles. The van der Waals surface area contributed by atoms with Gasteiger partial charge in [0.15, 0.2) is 0 Å². The van der Waals surface area contributed by atoms with Crippen LogP contribution in [0, 0.1) is 0 Å². The van der Waals surface area contributed by atoms with Crippen molar-refractivity contribution < 1.29 is 19.1 Å². The molecule has 0 saturated carbocycles. The standard InChI is InChI=1S/C21H28Cl2N2O4/c1-21(2,3)29-20(27)24-10-9-14(12-24)25-11-13(5-8-17(25)26)18-16(28-4)7-6-15(22)19(18)23/h6-7,13-14H,5,8-12H2,1-4H3. The minimum absolute atomic E-state index is 0.0261. The average Bonchev–Trinajstić information content (AvgIpc) is 3.13. The lowest BCUT2D eigenvalue weighted by atomic mass is 9.88. The Hall–Kier alpha value is -1.66. The van der Waals surface area contributed by atoms with Crippen molar-refractivity contribution in [3.63, 3.8) is 0 Å². The molecular formula is C21H28Cl2N2O4. The minimum atomic E-state index is -0.541. The number of rotatable bonds is 3. The number of amides is 2. The quantitative estimate of drug-likeness (QED) is 0.679. The van der Waals surface area contributed by atoms with E-state index >= 15 is 0 Å². The predicted octanol–water partition coefficient (Wildman–Crippen LogP) is 4.72. The Bertz CT molecular complexity index is 794. The molecule has 2 atom stereocenters. The van der Waals surface area contributed by atoms with Crippen molar-refractivity contribution in [2.24, 2.45) is 0 Å². The molecule has 0 radical (unpaired) electrons. The van der Waals surface area contributed by atoms with Crippen LogP contribution in [0.3, 0.4) is 0 Å². The van der Waals surface area contributed by atoms with E-state index in [0.717, 1.165) is 12.0 Å². The summed E-state index contributed by atoms with van der Waals surface area (Å²) in [7, 11) is 1.60. The maximum atomic E-state index is 12.7. The summed E-state index contributed by atoms with van der Waals surface area (Å²) in [4.78, 5) is 28.6. The third kappa shape index (κ3) is 4.92. The van der Waals surface area contributed by atoms with Crippen LogP contribution in [0.15, 0.2) is 12.1 Å². The molecule has 6 nitrogen and oxygen atoms in total. The Kier molecular flexibility index (Phi) is 6.54. The highest BCUT2D eigenvalue weighted by atomic mass is 35.5. The number of piperidine rings is 1. The van der Waals surface area contributed by atoms with Gasteiger partial charge in [-0.3, -0.25) is 4.79 Å². The molecule has 2 amide bonds. The molecular weight excluding hydrogens is 415 g/mol. The van der Waals surface area contributed by atoms with Gasteiger partial charge in [-0.25, -0.2) is 4.79 Å². The Morgan fingerprint density at radius 3 is 2.55 bits per heavy atom. The first-order chi connectivity index (χ1) is 13.6. The van der Waals surface area contributed by atoms with Crippen LogP contribution in [0.5, 0.6) is 5.75 Å². The molecule has 8 heteroatoms. The molecule has 1 aromatic carbocycles. The van der Waals surface area contributed by atoms with Crippen LogP contribution < -0.4 is 4.74 Å². The largest absolute Gasteiger partial charge is 0.496 e. The van der Waals surface area contributed by atoms with Gasteiger partial charge >= 0.3 is 6.09 Å².